The summed E-state index contributed by atoms with van der Waals surface area (Å²) in [6.45, 7) is 0. The predicted molar refractivity (Wildman–Crippen MR) is 164 cm³/mol. The zero-order valence-corrected chi connectivity index (χ0v) is 24.6. The highest BCUT2D eigenvalue weighted by Crippen LogP contribution is 2.43. The largest absolute Gasteiger partial charge is 0.496 e. The number of nitro groups is 1. The molecule has 10 heteroatoms. The van der Waals surface area contributed by atoms with Gasteiger partial charge in [-0.3, -0.25) is 19.5 Å². The van der Waals surface area contributed by atoms with Crippen LogP contribution in [0.4, 0.5) is 5.69 Å². The van der Waals surface area contributed by atoms with Gasteiger partial charge in [0, 0.05) is 39.4 Å². The van der Waals surface area contributed by atoms with Crippen molar-refractivity contribution in [2.75, 3.05) is 7.11 Å². The number of nitro benzene ring substituents is 1. The molecule has 8 nitrogen and oxygen atoms in total. The second kappa shape index (κ2) is 10.4. The van der Waals surface area contributed by atoms with Gasteiger partial charge >= 0.3 is 0 Å². The Bertz CT molecular complexity index is 2120. The minimum atomic E-state index is -0.448. The molecule has 0 saturated carbocycles. The van der Waals surface area contributed by atoms with Gasteiger partial charge in [-0.05, 0) is 64.2 Å². The van der Waals surface area contributed by atoms with Gasteiger partial charge in [0.2, 0.25) is 0 Å². The molecule has 208 valence electrons. The van der Waals surface area contributed by atoms with Crippen LogP contribution >= 0.6 is 27.3 Å². The van der Waals surface area contributed by atoms with Crippen molar-refractivity contribution in [1.82, 2.24) is 4.57 Å². The van der Waals surface area contributed by atoms with Crippen molar-refractivity contribution in [2.45, 2.75) is 18.9 Å². The van der Waals surface area contributed by atoms with Crippen LogP contribution in [0.3, 0.4) is 0 Å². The van der Waals surface area contributed by atoms with Gasteiger partial charge in [-0.2, -0.15) is 0 Å². The topological polar surface area (TPSA) is 99.9 Å². The number of nitrogens with zero attached hydrogens (tertiary/aromatic N) is 3. The first-order valence-electron chi connectivity index (χ1n) is 13.2. The lowest BCUT2D eigenvalue weighted by atomic mass is 9.83. The molecule has 1 aliphatic heterocycles. The molecule has 0 unspecified atom stereocenters. The van der Waals surface area contributed by atoms with Gasteiger partial charge in [-0.25, -0.2) is 4.99 Å². The summed E-state index contributed by atoms with van der Waals surface area (Å²) < 4.78 is 14.6. The van der Waals surface area contributed by atoms with Gasteiger partial charge in [-0.1, -0.05) is 53.8 Å². The van der Waals surface area contributed by atoms with E-state index in [1.54, 1.807) is 36.0 Å². The first-order chi connectivity index (χ1) is 20.4. The number of methoxy groups -OCH3 is 1. The first-order valence-corrected chi connectivity index (χ1v) is 14.8. The van der Waals surface area contributed by atoms with Gasteiger partial charge in [0.15, 0.2) is 4.80 Å². The maximum Gasteiger partial charge on any atom is 0.271 e. The van der Waals surface area contributed by atoms with Gasteiger partial charge < -0.3 is 9.15 Å². The van der Waals surface area contributed by atoms with E-state index in [4.69, 9.17) is 14.1 Å². The van der Waals surface area contributed by atoms with Crippen molar-refractivity contribution in [2.24, 2.45) is 4.99 Å². The number of allylic oxidation sites excluding steroid dienone is 1. The smallest absolute Gasteiger partial charge is 0.271 e. The van der Waals surface area contributed by atoms with Gasteiger partial charge in [0.1, 0.15) is 17.3 Å². The average Bonchev–Trinajstić information content (AvgIpc) is 3.59. The molecule has 0 bridgehead atoms. The Balaban J connectivity index is 1.38. The van der Waals surface area contributed by atoms with Crippen LogP contribution in [-0.4, -0.2) is 16.6 Å². The molecule has 1 aliphatic carbocycles. The van der Waals surface area contributed by atoms with Crippen molar-refractivity contribution < 1.29 is 14.1 Å². The number of furan rings is 1. The second-order valence-corrected chi connectivity index (χ2v) is 11.8. The van der Waals surface area contributed by atoms with Crippen molar-refractivity contribution in [1.29, 1.82) is 0 Å². The van der Waals surface area contributed by atoms with Crippen LogP contribution < -0.4 is 19.6 Å². The molecule has 2 aromatic heterocycles. The van der Waals surface area contributed by atoms with Crippen LogP contribution in [-0.2, 0) is 6.42 Å². The van der Waals surface area contributed by atoms with Crippen LogP contribution in [0.5, 0.6) is 5.75 Å². The number of aryl methyl sites for hydroxylation is 1. The third-order valence-corrected chi connectivity index (χ3v) is 9.27. The van der Waals surface area contributed by atoms with Crippen molar-refractivity contribution >= 4 is 44.7 Å². The van der Waals surface area contributed by atoms with E-state index in [-0.39, 0.29) is 17.3 Å². The van der Waals surface area contributed by atoms with E-state index in [0.29, 0.717) is 36.6 Å². The standard InChI is InChI=1S/C32H22BrN3O5S/c1-40-26-9-5-4-8-23(26)30-24-13-10-18-6-2-3-7-21(18)29(24)34-32-35(30)31(37)28(42-32)17-20-12-15-27(41-20)22-14-11-19(36(38)39)16-25(22)33/h2-9,11-12,14-17,30H,10,13H2,1H3/b28-17-/t30-/m1/s1. The number of hydrogen-bond acceptors (Lipinski definition) is 7. The second-order valence-electron chi connectivity index (χ2n) is 9.98. The van der Waals surface area contributed by atoms with Crippen LogP contribution in [0.25, 0.3) is 23.1 Å². The van der Waals surface area contributed by atoms with Crippen LogP contribution in [0, 0.1) is 10.1 Å². The normalized spacial score (nSPS) is 16.0. The Morgan fingerprint density at radius 2 is 1.88 bits per heavy atom. The summed E-state index contributed by atoms with van der Waals surface area (Å²) in [4.78, 5) is 30.4. The Morgan fingerprint density at radius 1 is 1.07 bits per heavy atom. The van der Waals surface area contributed by atoms with Gasteiger partial charge in [0.05, 0.1) is 28.3 Å². The molecule has 7 rings (SSSR count). The van der Waals surface area contributed by atoms with E-state index in [0.717, 1.165) is 35.2 Å². The lowest BCUT2D eigenvalue weighted by Gasteiger charge is -2.31. The summed E-state index contributed by atoms with van der Waals surface area (Å²) >= 11 is 4.73. The lowest BCUT2D eigenvalue weighted by molar-refractivity contribution is -0.384. The minimum absolute atomic E-state index is 0.0200. The third-order valence-electron chi connectivity index (χ3n) is 7.64. The summed E-state index contributed by atoms with van der Waals surface area (Å²) in [5, 5.41) is 11.1. The molecular weight excluding hydrogens is 618 g/mol. The average molecular weight is 641 g/mol. The molecule has 0 radical (unpaired) electrons. The number of para-hydroxylation sites is 1. The van der Waals surface area contributed by atoms with Crippen LogP contribution in [0.2, 0.25) is 0 Å². The predicted octanol–water partition coefficient (Wildman–Crippen LogP) is 6.26. The van der Waals surface area contributed by atoms with E-state index >= 15 is 0 Å². The minimum Gasteiger partial charge on any atom is -0.496 e. The fraction of sp³-hybridized carbons (Fsp3) is 0.125. The highest BCUT2D eigenvalue weighted by Gasteiger charge is 2.34. The quantitative estimate of drug-likeness (QED) is 0.167. The molecule has 0 fully saturated rings. The number of hydrogen-bond donors (Lipinski definition) is 0. The summed E-state index contributed by atoms with van der Waals surface area (Å²) in [5.41, 5.74) is 5.77. The Morgan fingerprint density at radius 3 is 2.69 bits per heavy atom. The van der Waals surface area contributed by atoms with Crippen molar-refractivity contribution in [3.05, 3.63) is 141 Å². The number of ether oxygens (including phenoxy) is 1. The molecule has 0 saturated heterocycles. The number of rotatable bonds is 5. The molecule has 3 aromatic carbocycles. The zero-order valence-electron chi connectivity index (χ0n) is 22.2. The summed E-state index contributed by atoms with van der Waals surface area (Å²) in [5.74, 6) is 1.73. The van der Waals surface area contributed by atoms with E-state index in [1.165, 1.54) is 29.0 Å². The monoisotopic (exact) mass is 639 g/mol. The molecule has 2 aliphatic rings. The number of aromatic nitrogens is 1. The number of halogens is 1. The zero-order chi connectivity index (χ0) is 29.0. The molecule has 1 atom stereocenters. The fourth-order valence-corrected chi connectivity index (χ4v) is 7.26. The molecular formula is C32H22BrN3O5S. The molecule has 0 amide bonds. The first kappa shape index (κ1) is 26.4. The SMILES string of the molecule is COc1ccccc1[C@@H]1C2=C(N=c3s/c(=C\c4ccc(-c5ccc([N+](=O)[O-])cc5Br)o4)c(=O)n31)c1ccccc1CC2. The number of non-ortho nitro benzene ring substituents is 1. The number of thiazole rings is 1. The summed E-state index contributed by atoms with van der Waals surface area (Å²) in [7, 11) is 1.64. The number of fused-ring (bicyclic) bond motifs is 3. The van der Waals surface area contributed by atoms with E-state index in [1.807, 2.05) is 36.4 Å². The van der Waals surface area contributed by atoms with Gasteiger partial charge in [0.25, 0.3) is 11.2 Å². The Labute approximate surface area is 251 Å². The highest BCUT2D eigenvalue weighted by molar-refractivity contribution is 9.10. The molecule has 0 spiro atoms. The van der Waals surface area contributed by atoms with Crippen molar-refractivity contribution in [3.63, 3.8) is 0 Å². The Kier molecular flexibility index (Phi) is 6.52. The summed E-state index contributed by atoms with van der Waals surface area (Å²) in [6, 6.07) is 23.8. The molecule has 3 heterocycles. The third kappa shape index (κ3) is 4.34. The number of benzene rings is 3. The van der Waals surface area contributed by atoms with Crippen LogP contribution in [0.15, 0.2) is 103 Å². The lowest BCUT2D eigenvalue weighted by Crippen LogP contribution is -2.38. The Hall–Kier alpha value is -4.54. The van der Waals surface area contributed by atoms with E-state index in [9.17, 15) is 14.9 Å². The highest BCUT2D eigenvalue weighted by atomic mass is 79.9. The maximum atomic E-state index is 14.1. The molecule has 5 aromatic rings. The van der Waals surface area contributed by atoms with Gasteiger partial charge in [-0.15, -0.1) is 0 Å². The maximum absolute atomic E-state index is 14.1. The molecule has 0 N–H and O–H groups in total. The van der Waals surface area contributed by atoms with E-state index in [2.05, 4.69) is 28.1 Å². The van der Waals surface area contributed by atoms with Crippen LogP contribution in [0.1, 0.15) is 34.9 Å². The molecule has 42 heavy (non-hydrogen) atoms. The van der Waals surface area contributed by atoms with E-state index < -0.39 is 4.92 Å². The van der Waals surface area contributed by atoms with Crippen molar-refractivity contribution in [3.8, 4) is 17.1 Å². The fourth-order valence-electron chi connectivity index (χ4n) is 5.71. The summed E-state index contributed by atoms with van der Waals surface area (Å²) in [6.07, 6.45) is 3.38.